The smallest absolute Gasteiger partial charge is 0.308 e. The molecule has 0 aliphatic heterocycles. The molecule has 0 heterocycles. The van der Waals surface area contributed by atoms with E-state index < -0.39 is 0 Å². The first kappa shape index (κ1) is 60.8. The normalized spacial score (nSPS) is 9.25. The van der Waals surface area contributed by atoms with Crippen LogP contribution in [0.15, 0.2) is 0 Å². The van der Waals surface area contributed by atoms with Crippen LogP contribution < -0.4 is 0 Å². The molecule has 0 aromatic rings. The Hall–Kier alpha value is -2.32. The van der Waals surface area contributed by atoms with Gasteiger partial charge in [-0.1, -0.05) is 34.6 Å². The molecule has 0 saturated heterocycles. The largest absolute Gasteiger partial charge is 0.466 e. The molecule has 0 amide bonds. The fraction of sp³-hybridized carbons (Fsp3) is 0.895. The number of rotatable bonds is 25. The zero-order chi connectivity index (χ0) is 40.2. The van der Waals surface area contributed by atoms with Crippen LogP contribution in [0.1, 0.15) is 134 Å². The molecule has 310 valence electrons. The standard InChI is InChI=1S/C10H20O4.C8H16O3.C6H12O2.C5H10O2.C5H12O.C4H10O/c1-3-6-12-8-9-13-7-5-10(11)14-4-2;1-3-6-10-7-5-8(9)11-4-2;1-3-5-6(7)8-4-2;1-3-5(6)7-4-2;1-3-5-6-4-2;1-3-5-4-2/h3-9H2,1-2H3;3-7H2,1-2H3;3-5H2,1-2H3;3-4H2,1-2H3;3-5H2,1-2H3;3-4H2,1-2H3. The Labute approximate surface area is 312 Å². The van der Waals surface area contributed by atoms with E-state index in [0.29, 0.717) is 78.5 Å². The maximum atomic E-state index is 10.8. The zero-order valence-electron chi connectivity index (χ0n) is 34.9. The van der Waals surface area contributed by atoms with Crippen molar-refractivity contribution in [1.29, 1.82) is 0 Å². The first-order valence-electron chi connectivity index (χ1n) is 19.1. The molecule has 0 fully saturated rings. The molecule has 51 heavy (non-hydrogen) atoms. The van der Waals surface area contributed by atoms with Gasteiger partial charge in [0.15, 0.2) is 0 Å². The van der Waals surface area contributed by atoms with Gasteiger partial charge in [-0.25, -0.2) is 0 Å². The third-order valence-electron chi connectivity index (χ3n) is 4.89. The zero-order valence-corrected chi connectivity index (χ0v) is 34.9. The van der Waals surface area contributed by atoms with Gasteiger partial charge in [-0.05, 0) is 74.1 Å². The van der Waals surface area contributed by atoms with E-state index in [9.17, 15) is 19.2 Å². The number of ether oxygens (including phenoxy) is 9. The minimum absolute atomic E-state index is 0.0880. The van der Waals surface area contributed by atoms with Gasteiger partial charge in [0.05, 0.1) is 65.7 Å². The average Bonchev–Trinajstić information content (AvgIpc) is 3.11. The van der Waals surface area contributed by atoms with Crippen LogP contribution in [0.25, 0.3) is 0 Å². The molecule has 0 rings (SSSR count). The van der Waals surface area contributed by atoms with Crippen LogP contribution in [0.4, 0.5) is 0 Å². The summed E-state index contributed by atoms with van der Waals surface area (Å²) in [5.41, 5.74) is 0. The molecule has 13 heteroatoms. The predicted molar refractivity (Wildman–Crippen MR) is 203 cm³/mol. The summed E-state index contributed by atoms with van der Waals surface area (Å²) in [5.74, 6) is -0.594. The molecule has 0 N–H and O–H groups in total. The van der Waals surface area contributed by atoms with Gasteiger partial charge < -0.3 is 42.6 Å². The molecule has 0 aromatic carbocycles. The molecule has 0 spiro atoms. The molecule has 0 aromatic heterocycles. The maximum absolute atomic E-state index is 10.8. The highest BCUT2D eigenvalue weighted by molar-refractivity contribution is 5.70. The number of hydrogen-bond donors (Lipinski definition) is 0. The molecule has 0 saturated carbocycles. The second kappa shape index (κ2) is 62.8. The fourth-order valence-electron chi connectivity index (χ4n) is 2.68. The Bertz CT molecular complexity index is 648. The summed E-state index contributed by atoms with van der Waals surface area (Å²) in [7, 11) is 0. The molecular formula is C38H80O13. The Kier molecular flexibility index (Phi) is 74.8. The van der Waals surface area contributed by atoms with Crippen LogP contribution >= 0.6 is 0 Å². The first-order valence-corrected chi connectivity index (χ1v) is 19.1. The SMILES string of the molecule is CCCC(=O)OCC.CCCOCC.CCCOCCC(=O)OCC.CCCOCCOCCC(=O)OCC.CCOC(=O)CC.CCOCC. The van der Waals surface area contributed by atoms with Crippen molar-refractivity contribution in [1.82, 2.24) is 0 Å². The van der Waals surface area contributed by atoms with E-state index in [1.54, 1.807) is 27.7 Å². The number of carbonyl (C=O) groups excluding carboxylic acids is 4. The molecule has 0 aliphatic rings. The Morgan fingerprint density at radius 2 is 0.608 bits per heavy atom. The van der Waals surface area contributed by atoms with Gasteiger partial charge in [-0.15, -0.1) is 0 Å². The predicted octanol–water partition coefficient (Wildman–Crippen LogP) is 7.53. The number of esters is 4. The van der Waals surface area contributed by atoms with Gasteiger partial charge in [0.2, 0.25) is 0 Å². The van der Waals surface area contributed by atoms with Crippen LogP contribution in [0, 0.1) is 0 Å². The van der Waals surface area contributed by atoms with Crippen molar-refractivity contribution in [3.05, 3.63) is 0 Å². The summed E-state index contributed by atoms with van der Waals surface area (Å²) >= 11 is 0. The van der Waals surface area contributed by atoms with Crippen molar-refractivity contribution in [2.24, 2.45) is 0 Å². The van der Waals surface area contributed by atoms with E-state index in [1.807, 2.05) is 41.5 Å². The molecule has 0 radical (unpaired) electrons. The monoisotopic (exact) mass is 745 g/mol. The van der Waals surface area contributed by atoms with Gasteiger partial charge in [0.1, 0.15) is 0 Å². The van der Waals surface area contributed by atoms with Crippen molar-refractivity contribution in [2.45, 2.75) is 134 Å². The van der Waals surface area contributed by atoms with Gasteiger partial charge in [0, 0.05) is 52.5 Å². The molecule has 0 aliphatic carbocycles. The van der Waals surface area contributed by atoms with Crippen molar-refractivity contribution in [3.8, 4) is 0 Å². The van der Waals surface area contributed by atoms with E-state index in [0.717, 1.165) is 65.3 Å². The highest BCUT2D eigenvalue weighted by Gasteiger charge is 2.01. The Morgan fingerprint density at radius 3 is 0.863 bits per heavy atom. The molecule has 0 atom stereocenters. The molecular weight excluding hydrogens is 664 g/mol. The van der Waals surface area contributed by atoms with E-state index in [1.165, 1.54) is 0 Å². The van der Waals surface area contributed by atoms with E-state index >= 15 is 0 Å². The highest BCUT2D eigenvalue weighted by Crippen LogP contribution is 1.91. The van der Waals surface area contributed by atoms with Crippen molar-refractivity contribution in [2.75, 3.05) is 92.5 Å². The quantitative estimate of drug-likeness (QED) is 0.0515. The van der Waals surface area contributed by atoms with Gasteiger partial charge in [0.25, 0.3) is 0 Å². The summed E-state index contributed by atoms with van der Waals surface area (Å²) in [4.78, 5) is 42.2. The highest BCUT2D eigenvalue weighted by atomic mass is 16.6. The first-order chi connectivity index (χ1) is 24.6. The number of carbonyl (C=O) groups is 4. The van der Waals surface area contributed by atoms with E-state index in [-0.39, 0.29) is 23.9 Å². The van der Waals surface area contributed by atoms with Crippen molar-refractivity contribution < 1.29 is 61.8 Å². The van der Waals surface area contributed by atoms with Crippen molar-refractivity contribution in [3.63, 3.8) is 0 Å². The summed E-state index contributed by atoms with van der Waals surface area (Å²) in [5, 5.41) is 0. The van der Waals surface area contributed by atoms with Crippen molar-refractivity contribution >= 4 is 23.9 Å². The minimum atomic E-state index is -0.207. The average molecular weight is 745 g/mol. The lowest BCUT2D eigenvalue weighted by Gasteiger charge is -2.04. The summed E-state index contributed by atoms with van der Waals surface area (Å²) in [6, 6.07) is 0. The lowest BCUT2D eigenvalue weighted by Crippen LogP contribution is -2.10. The second-order valence-electron chi connectivity index (χ2n) is 9.64. The molecule has 0 unspecified atom stereocenters. The summed E-state index contributed by atoms with van der Waals surface area (Å²) < 4.78 is 43.9. The topological polar surface area (TPSA) is 151 Å². The van der Waals surface area contributed by atoms with Crippen LogP contribution in [-0.4, -0.2) is 116 Å². The van der Waals surface area contributed by atoms with Crippen LogP contribution in [0.5, 0.6) is 0 Å². The second-order valence-corrected chi connectivity index (χ2v) is 9.64. The lowest BCUT2D eigenvalue weighted by atomic mass is 10.3. The molecule has 0 bridgehead atoms. The third-order valence-corrected chi connectivity index (χ3v) is 4.89. The summed E-state index contributed by atoms with van der Waals surface area (Å²) in [6.45, 7) is 32.0. The Morgan fingerprint density at radius 1 is 0.294 bits per heavy atom. The minimum Gasteiger partial charge on any atom is -0.466 e. The fourth-order valence-corrected chi connectivity index (χ4v) is 2.68. The van der Waals surface area contributed by atoms with Gasteiger partial charge in [-0.2, -0.15) is 0 Å². The maximum Gasteiger partial charge on any atom is 0.308 e. The van der Waals surface area contributed by atoms with Gasteiger partial charge >= 0.3 is 23.9 Å². The molecule has 13 nitrogen and oxygen atoms in total. The van der Waals surface area contributed by atoms with E-state index in [4.69, 9.17) is 33.2 Å². The third kappa shape index (κ3) is 82.7. The van der Waals surface area contributed by atoms with Crippen LogP contribution in [0.2, 0.25) is 0 Å². The van der Waals surface area contributed by atoms with E-state index in [2.05, 4.69) is 23.3 Å². The Balaban J connectivity index is -0.000000124. The lowest BCUT2D eigenvalue weighted by molar-refractivity contribution is -0.145. The van der Waals surface area contributed by atoms with Crippen LogP contribution in [0.3, 0.4) is 0 Å². The summed E-state index contributed by atoms with van der Waals surface area (Å²) in [6.07, 6.45) is 5.73. The van der Waals surface area contributed by atoms with Gasteiger partial charge in [-0.3, -0.25) is 19.2 Å². The number of hydrogen-bond acceptors (Lipinski definition) is 13. The van der Waals surface area contributed by atoms with Crippen LogP contribution in [-0.2, 0) is 61.8 Å².